The average Bonchev–Trinajstić information content (AvgIpc) is 3.34. The molecule has 1 aromatic carbocycles. The fourth-order valence-corrected chi connectivity index (χ4v) is 5.03. The van der Waals surface area contributed by atoms with Gasteiger partial charge in [0.1, 0.15) is 12.1 Å². The normalized spacial score (nSPS) is 11.3. The summed E-state index contributed by atoms with van der Waals surface area (Å²) in [5, 5.41) is 12.6. The quantitative estimate of drug-likeness (QED) is 0.347. The first-order chi connectivity index (χ1) is 14.8. The fraction of sp³-hybridized carbons (Fsp3) is 0. The summed E-state index contributed by atoms with van der Waals surface area (Å²) in [6, 6.07) is 8.15. The highest BCUT2D eigenvalue weighted by Crippen LogP contribution is 2.53. The number of anilines is 1. The first-order valence-electron chi connectivity index (χ1n) is 8.39. The molecule has 0 radical (unpaired) electrons. The van der Waals surface area contributed by atoms with E-state index in [2.05, 4.69) is 29.7 Å². The first kappa shape index (κ1) is 21.2. The van der Waals surface area contributed by atoms with Crippen molar-refractivity contribution in [2.45, 2.75) is 0 Å². The molecular weight excluding hydrogens is 481 g/mol. The number of nitrogens with one attached hydrogen (secondary N) is 2. The molecule has 0 atom stereocenters. The van der Waals surface area contributed by atoms with E-state index in [0.29, 0.717) is 48.0 Å². The molecule has 0 unspecified atom stereocenters. The number of hydrogen-bond acceptors (Lipinski definition) is 6. The molecule has 3 aromatic heterocycles. The maximum absolute atomic E-state index is 11.4. The third-order valence-corrected chi connectivity index (χ3v) is 6.37. The molecule has 0 amide bonds. The van der Waals surface area contributed by atoms with E-state index >= 15 is 0 Å². The van der Waals surface area contributed by atoms with Crippen LogP contribution in [0.25, 0.3) is 37.1 Å². The van der Waals surface area contributed by atoms with Gasteiger partial charge in [0.05, 0.1) is 11.4 Å². The van der Waals surface area contributed by atoms with Gasteiger partial charge in [0, 0.05) is 26.7 Å². The molecule has 0 aliphatic heterocycles. The lowest BCUT2D eigenvalue weighted by Gasteiger charge is -2.07. The molecule has 4 rings (SSSR count). The van der Waals surface area contributed by atoms with Gasteiger partial charge in [-0.1, -0.05) is 29.3 Å². The molecule has 3 heterocycles. The summed E-state index contributed by atoms with van der Waals surface area (Å²) >= 11 is 13.8. The molecule has 156 valence electrons. The SMILES string of the molecule is [C-]#[N+]c1c(-c2ccnc(NS(N)(=O)=O)c2)sc(-c2ncn[nH]2)c1-c1ccc(Cl)cc1Cl. The number of H-pyrrole nitrogens is 1. The van der Waals surface area contributed by atoms with Gasteiger partial charge in [-0.2, -0.15) is 13.5 Å². The Hall–Kier alpha value is -3.01. The maximum atomic E-state index is 11.4. The minimum atomic E-state index is -4.01. The molecule has 4 aromatic rings. The van der Waals surface area contributed by atoms with Gasteiger partial charge < -0.3 is 0 Å². The van der Waals surface area contributed by atoms with Crippen molar-refractivity contribution in [1.29, 1.82) is 0 Å². The molecule has 0 aliphatic rings. The second-order valence-corrected chi connectivity index (χ2v) is 9.29. The number of halogens is 2. The number of nitrogens with zero attached hydrogens (tertiary/aromatic N) is 4. The van der Waals surface area contributed by atoms with Crippen LogP contribution in [-0.2, 0) is 10.2 Å². The smallest absolute Gasteiger partial charge is 0.259 e. The summed E-state index contributed by atoms with van der Waals surface area (Å²) in [7, 11) is -4.01. The van der Waals surface area contributed by atoms with Crippen LogP contribution in [0.1, 0.15) is 0 Å². The topological polar surface area (TPSA) is 131 Å². The van der Waals surface area contributed by atoms with Gasteiger partial charge >= 0.3 is 0 Å². The summed E-state index contributed by atoms with van der Waals surface area (Å²) in [6.45, 7) is 7.84. The van der Waals surface area contributed by atoms with E-state index < -0.39 is 10.2 Å². The predicted molar refractivity (Wildman–Crippen MR) is 121 cm³/mol. The zero-order chi connectivity index (χ0) is 22.2. The van der Waals surface area contributed by atoms with E-state index in [9.17, 15) is 8.42 Å². The fourth-order valence-electron chi connectivity index (χ4n) is 2.92. The molecule has 0 bridgehead atoms. The molecule has 0 spiro atoms. The summed E-state index contributed by atoms with van der Waals surface area (Å²) < 4.78 is 24.9. The Balaban J connectivity index is 1.98. The lowest BCUT2D eigenvalue weighted by atomic mass is 10.0. The molecule has 0 aliphatic carbocycles. The number of rotatable bonds is 5. The van der Waals surface area contributed by atoms with Gasteiger partial charge in [-0.25, -0.2) is 20.0 Å². The van der Waals surface area contributed by atoms with Crippen molar-refractivity contribution in [3.05, 3.63) is 64.3 Å². The van der Waals surface area contributed by atoms with Crippen LogP contribution in [0.2, 0.25) is 10.0 Å². The van der Waals surface area contributed by atoms with E-state index in [-0.39, 0.29) is 5.82 Å². The predicted octanol–water partition coefficient (Wildman–Crippen LogP) is 4.74. The van der Waals surface area contributed by atoms with Crippen molar-refractivity contribution in [1.82, 2.24) is 20.2 Å². The molecule has 0 saturated carbocycles. The number of benzene rings is 1. The van der Waals surface area contributed by atoms with E-state index in [1.165, 1.54) is 29.9 Å². The monoisotopic (exact) mass is 491 g/mol. The zero-order valence-electron chi connectivity index (χ0n) is 15.3. The number of nitrogens with two attached hydrogens (primary N) is 1. The lowest BCUT2D eigenvalue weighted by Crippen LogP contribution is -2.22. The van der Waals surface area contributed by atoms with Crippen molar-refractivity contribution in [3.63, 3.8) is 0 Å². The molecule has 0 fully saturated rings. The minimum Gasteiger partial charge on any atom is -0.259 e. The third kappa shape index (κ3) is 4.39. The zero-order valence-corrected chi connectivity index (χ0v) is 18.4. The Morgan fingerprint density at radius 1 is 1.16 bits per heavy atom. The molecule has 4 N–H and O–H groups in total. The summed E-state index contributed by atoms with van der Waals surface area (Å²) in [5.41, 5.74) is 2.04. The van der Waals surface area contributed by atoms with Crippen LogP contribution in [0.15, 0.2) is 42.9 Å². The second kappa shape index (κ2) is 8.26. The summed E-state index contributed by atoms with van der Waals surface area (Å²) in [6.07, 6.45) is 2.78. The third-order valence-electron chi connectivity index (χ3n) is 4.09. The van der Waals surface area contributed by atoms with Crippen LogP contribution in [0.3, 0.4) is 0 Å². The van der Waals surface area contributed by atoms with Gasteiger partial charge in [-0.05, 0) is 35.4 Å². The molecule has 9 nitrogen and oxygen atoms in total. The van der Waals surface area contributed by atoms with Crippen molar-refractivity contribution in [2.75, 3.05) is 4.72 Å². The highest BCUT2D eigenvalue weighted by molar-refractivity contribution is 7.90. The largest absolute Gasteiger partial charge is 0.297 e. The van der Waals surface area contributed by atoms with E-state index in [4.69, 9.17) is 34.9 Å². The van der Waals surface area contributed by atoms with Gasteiger partial charge in [-0.3, -0.25) is 9.82 Å². The first-order valence-corrected chi connectivity index (χ1v) is 11.5. The van der Waals surface area contributed by atoms with Gasteiger partial charge in [0.15, 0.2) is 5.82 Å². The Morgan fingerprint density at radius 2 is 1.97 bits per heavy atom. The minimum absolute atomic E-state index is 0.0246. The number of thiophene rings is 1. The standard InChI is InChI=1S/C18H11Cl2N7O2S2/c1-22-15-14(11-3-2-10(19)7-12(11)20)17(18-24-8-25-26-18)30-16(15)9-4-5-23-13(6-9)27-31(21,28)29/h2-8H,(H,23,27)(H2,21,28,29)(H,24,25,26). The second-order valence-electron chi connectivity index (χ2n) is 6.13. The number of hydrogen-bond donors (Lipinski definition) is 3. The van der Waals surface area contributed by atoms with Crippen molar-refractivity contribution in [3.8, 4) is 32.3 Å². The van der Waals surface area contributed by atoms with Gasteiger partial charge in [0.2, 0.25) is 5.69 Å². The van der Waals surface area contributed by atoms with Crippen LogP contribution >= 0.6 is 34.5 Å². The number of aromatic nitrogens is 4. The van der Waals surface area contributed by atoms with E-state index in [1.807, 2.05) is 0 Å². The summed E-state index contributed by atoms with van der Waals surface area (Å²) in [4.78, 5) is 13.1. The summed E-state index contributed by atoms with van der Waals surface area (Å²) in [5.74, 6) is 0.482. The van der Waals surface area contributed by atoms with Crippen molar-refractivity contribution >= 4 is 56.3 Å². The lowest BCUT2D eigenvalue weighted by molar-refractivity contribution is 0.602. The van der Waals surface area contributed by atoms with Crippen LogP contribution in [0.5, 0.6) is 0 Å². The molecule has 31 heavy (non-hydrogen) atoms. The van der Waals surface area contributed by atoms with E-state index in [1.54, 1.807) is 24.3 Å². The Labute approximate surface area is 190 Å². The van der Waals surface area contributed by atoms with Gasteiger partial charge in [-0.15, -0.1) is 11.3 Å². The molecule has 13 heteroatoms. The van der Waals surface area contributed by atoms with Crippen molar-refractivity contribution < 1.29 is 8.42 Å². The number of pyridine rings is 1. The molecular formula is C18H11Cl2N7O2S2. The number of aromatic amines is 1. The van der Waals surface area contributed by atoms with Crippen LogP contribution in [0.4, 0.5) is 11.5 Å². The maximum Gasteiger partial charge on any atom is 0.297 e. The Bertz CT molecular complexity index is 1430. The van der Waals surface area contributed by atoms with Crippen LogP contribution in [-0.4, -0.2) is 28.6 Å². The van der Waals surface area contributed by atoms with Gasteiger partial charge in [0.25, 0.3) is 10.2 Å². The Morgan fingerprint density at radius 3 is 2.61 bits per heavy atom. The van der Waals surface area contributed by atoms with Crippen molar-refractivity contribution in [2.24, 2.45) is 5.14 Å². The Kier molecular flexibility index (Phi) is 5.65. The molecule has 0 saturated heterocycles. The highest BCUT2D eigenvalue weighted by Gasteiger charge is 2.25. The van der Waals surface area contributed by atoms with Crippen LogP contribution in [0, 0.1) is 6.57 Å². The average molecular weight is 492 g/mol. The van der Waals surface area contributed by atoms with Crippen LogP contribution < -0.4 is 9.86 Å². The highest BCUT2D eigenvalue weighted by atomic mass is 35.5. The van der Waals surface area contributed by atoms with E-state index in [0.717, 1.165) is 0 Å².